The predicted molar refractivity (Wildman–Crippen MR) is 92.6 cm³/mol. The van der Waals surface area contributed by atoms with E-state index in [1.165, 1.54) is 18.0 Å². The Morgan fingerprint density at radius 1 is 1.38 bits per heavy atom. The van der Waals surface area contributed by atoms with Crippen LogP contribution in [0.15, 0.2) is 11.1 Å². The lowest BCUT2D eigenvalue weighted by Crippen LogP contribution is -2.32. The van der Waals surface area contributed by atoms with E-state index in [1.807, 2.05) is 13.8 Å². The van der Waals surface area contributed by atoms with Gasteiger partial charge in [-0.05, 0) is 5.92 Å². The highest BCUT2D eigenvalue weighted by Crippen LogP contribution is 2.21. The summed E-state index contributed by atoms with van der Waals surface area (Å²) in [5, 5.41) is 31.2. The van der Waals surface area contributed by atoms with Gasteiger partial charge in [0.05, 0.1) is 26.1 Å². The number of imidazole rings is 1. The van der Waals surface area contributed by atoms with Crippen molar-refractivity contribution in [2.45, 2.75) is 32.4 Å². The van der Waals surface area contributed by atoms with E-state index in [4.69, 9.17) is 14.6 Å². The van der Waals surface area contributed by atoms with Gasteiger partial charge >= 0.3 is 0 Å². The molecule has 3 atom stereocenters. The van der Waals surface area contributed by atoms with E-state index in [0.717, 1.165) is 0 Å². The Hall–Kier alpha value is -2.05. The molecule has 0 bridgehead atoms. The van der Waals surface area contributed by atoms with Gasteiger partial charge in [-0.25, -0.2) is 4.98 Å². The molecule has 0 aromatic carbocycles. The number of aliphatic hydroxyl groups is 3. The van der Waals surface area contributed by atoms with Crippen LogP contribution in [0.2, 0.25) is 0 Å². The summed E-state index contributed by atoms with van der Waals surface area (Å²) in [5.41, 5.74) is -0.239. The number of H-pyrrole nitrogens is 1. The standard InChI is InChI=1S/C15H25N5O6/c1-8(2)12(23)18-15-17-11-10(13(24)19-15)16-7-20(11)14(26-5-4-21)9(6-22)25-3/h7-9,12,14,21-23H,4-6H2,1-3H3,(H2,17,18,19,24)/t9-,12?,14-/m1/s1. The van der Waals surface area contributed by atoms with Crippen molar-refractivity contribution in [3.8, 4) is 0 Å². The fourth-order valence-electron chi connectivity index (χ4n) is 2.31. The van der Waals surface area contributed by atoms with Crippen molar-refractivity contribution in [3.63, 3.8) is 0 Å². The Bertz CT molecular complexity index is 757. The van der Waals surface area contributed by atoms with Gasteiger partial charge in [-0.2, -0.15) is 4.98 Å². The molecule has 0 spiro atoms. The minimum Gasteiger partial charge on any atom is -0.394 e. The van der Waals surface area contributed by atoms with Gasteiger partial charge in [0, 0.05) is 7.11 Å². The molecule has 2 heterocycles. The average molecular weight is 371 g/mol. The van der Waals surface area contributed by atoms with Gasteiger partial charge in [0.25, 0.3) is 5.56 Å². The molecule has 2 aromatic heterocycles. The van der Waals surface area contributed by atoms with Gasteiger partial charge in [0.2, 0.25) is 5.95 Å². The molecule has 11 nitrogen and oxygen atoms in total. The molecule has 146 valence electrons. The summed E-state index contributed by atoms with van der Waals surface area (Å²) in [6, 6.07) is 0. The lowest BCUT2D eigenvalue weighted by Gasteiger charge is -2.26. The Labute approximate surface area is 149 Å². The third kappa shape index (κ3) is 4.37. The number of fused-ring (bicyclic) bond motifs is 1. The van der Waals surface area contributed by atoms with E-state index in [1.54, 1.807) is 0 Å². The zero-order valence-corrected chi connectivity index (χ0v) is 14.9. The number of nitrogens with zero attached hydrogens (tertiary/aromatic N) is 3. The van der Waals surface area contributed by atoms with E-state index in [0.29, 0.717) is 0 Å². The number of methoxy groups -OCH3 is 1. The van der Waals surface area contributed by atoms with Gasteiger partial charge in [-0.3, -0.25) is 14.3 Å². The van der Waals surface area contributed by atoms with E-state index in [9.17, 15) is 15.0 Å². The number of aliphatic hydroxyl groups excluding tert-OH is 3. The third-order valence-corrected chi connectivity index (χ3v) is 3.80. The Balaban J connectivity index is 2.48. The van der Waals surface area contributed by atoms with Crippen LogP contribution in [-0.4, -0.2) is 74.1 Å². The molecule has 2 aromatic rings. The zero-order chi connectivity index (χ0) is 19.3. The molecule has 26 heavy (non-hydrogen) atoms. The number of hydrogen-bond donors (Lipinski definition) is 5. The maximum Gasteiger partial charge on any atom is 0.280 e. The summed E-state index contributed by atoms with van der Waals surface area (Å²) in [5.74, 6) is -0.0295. The van der Waals surface area contributed by atoms with Gasteiger partial charge < -0.3 is 30.1 Å². The summed E-state index contributed by atoms with van der Waals surface area (Å²) in [6.45, 7) is 3.02. The molecule has 0 saturated heterocycles. The SMILES string of the molecule is CO[C@H](CO)[C@@H](OCCO)n1cnc2c(=O)[nH]c(NC(O)C(C)C)nc21. The monoisotopic (exact) mass is 371 g/mol. The first-order valence-electron chi connectivity index (χ1n) is 8.20. The van der Waals surface area contributed by atoms with Crippen molar-refractivity contribution in [3.05, 3.63) is 16.7 Å². The maximum atomic E-state index is 12.3. The van der Waals surface area contributed by atoms with Crippen LogP contribution in [0.25, 0.3) is 11.2 Å². The molecule has 1 unspecified atom stereocenters. The quantitative estimate of drug-likeness (QED) is 0.331. The van der Waals surface area contributed by atoms with E-state index in [2.05, 4.69) is 20.3 Å². The van der Waals surface area contributed by atoms with Crippen LogP contribution < -0.4 is 10.9 Å². The third-order valence-electron chi connectivity index (χ3n) is 3.80. The molecular formula is C15H25N5O6. The normalized spacial score (nSPS) is 15.3. The highest BCUT2D eigenvalue weighted by Gasteiger charge is 2.26. The summed E-state index contributed by atoms with van der Waals surface area (Å²) in [4.78, 5) is 23.1. The van der Waals surface area contributed by atoms with Crippen LogP contribution >= 0.6 is 0 Å². The van der Waals surface area contributed by atoms with Crippen LogP contribution in [0.5, 0.6) is 0 Å². The number of aromatic nitrogens is 4. The minimum absolute atomic E-state index is 0.00936. The number of rotatable bonds is 10. The van der Waals surface area contributed by atoms with Gasteiger partial charge in [0.15, 0.2) is 17.4 Å². The number of nitrogens with one attached hydrogen (secondary N) is 2. The molecule has 5 N–H and O–H groups in total. The molecule has 0 amide bonds. The highest BCUT2D eigenvalue weighted by atomic mass is 16.6. The smallest absolute Gasteiger partial charge is 0.280 e. The fraction of sp³-hybridized carbons (Fsp3) is 0.667. The number of hydrogen-bond acceptors (Lipinski definition) is 9. The maximum absolute atomic E-state index is 12.3. The molecular weight excluding hydrogens is 346 g/mol. The molecule has 2 rings (SSSR count). The lowest BCUT2D eigenvalue weighted by molar-refractivity contribution is -0.117. The molecule has 0 aliphatic carbocycles. The van der Waals surface area contributed by atoms with Gasteiger partial charge in [0.1, 0.15) is 12.3 Å². The summed E-state index contributed by atoms with van der Waals surface area (Å²) in [6.07, 6.45) is -1.19. The topological polar surface area (TPSA) is 155 Å². The largest absolute Gasteiger partial charge is 0.394 e. The van der Waals surface area contributed by atoms with Crippen molar-refractivity contribution >= 4 is 17.1 Å². The van der Waals surface area contributed by atoms with Crippen LogP contribution in [-0.2, 0) is 9.47 Å². The predicted octanol–water partition coefficient (Wildman–Crippen LogP) is -0.979. The molecule has 0 saturated carbocycles. The van der Waals surface area contributed by atoms with E-state index >= 15 is 0 Å². The van der Waals surface area contributed by atoms with Crippen molar-refractivity contribution in [2.75, 3.05) is 32.2 Å². The highest BCUT2D eigenvalue weighted by molar-refractivity contribution is 5.70. The van der Waals surface area contributed by atoms with Crippen LogP contribution in [0.4, 0.5) is 5.95 Å². The lowest BCUT2D eigenvalue weighted by atomic mass is 10.2. The molecule has 0 radical (unpaired) electrons. The van der Waals surface area contributed by atoms with Gasteiger partial charge in [-0.1, -0.05) is 13.8 Å². The summed E-state index contributed by atoms with van der Waals surface area (Å²) < 4.78 is 12.2. The van der Waals surface area contributed by atoms with Crippen LogP contribution in [0.3, 0.4) is 0 Å². The molecule has 0 aliphatic heterocycles. The van der Waals surface area contributed by atoms with Gasteiger partial charge in [-0.15, -0.1) is 0 Å². The second-order valence-electron chi connectivity index (χ2n) is 6.01. The van der Waals surface area contributed by atoms with Crippen molar-refractivity contribution in [1.82, 2.24) is 19.5 Å². The second kappa shape index (κ2) is 9.05. The van der Waals surface area contributed by atoms with Crippen molar-refractivity contribution in [1.29, 1.82) is 0 Å². The summed E-state index contributed by atoms with van der Waals surface area (Å²) >= 11 is 0. The van der Waals surface area contributed by atoms with Crippen molar-refractivity contribution in [2.24, 2.45) is 5.92 Å². The van der Waals surface area contributed by atoms with Crippen LogP contribution in [0, 0.1) is 5.92 Å². The molecule has 0 aliphatic rings. The second-order valence-corrected chi connectivity index (χ2v) is 6.01. The van der Waals surface area contributed by atoms with Crippen molar-refractivity contribution < 1.29 is 24.8 Å². The van der Waals surface area contributed by atoms with E-state index < -0.39 is 24.1 Å². The number of ether oxygens (including phenoxy) is 2. The Morgan fingerprint density at radius 3 is 2.69 bits per heavy atom. The first kappa shape index (κ1) is 20.3. The Morgan fingerprint density at radius 2 is 2.12 bits per heavy atom. The summed E-state index contributed by atoms with van der Waals surface area (Å²) in [7, 11) is 1.40. The zero-order valence-electron chi connectivity index (χ0n) is 14.9. The minimum atomic E-state index is -0.905. The molecule has 11 heteroatoms. The number of aromatic amines is 1. The first-order valence-corrected chi connectivity index (χ1v) is 8.20. The fourth-order valence-corrected chi connectivity index (χ4v) is 2.31. The number of anilines is 1. The molecule has 0 fully saturated rings. The Kier molecular flexibility index (Phi) is 7.06. The van der Waals surface area contributed by atoms with E-state index in [-0.39, 0.29) is 42.9 Å². The van der Waals surface area contributed by atoms with Crippen LogP contribution in [0.1, 0.15) is 20.1 Å². The average Bonchev–Trinajstić information content (AvgIpc) is 3.02. The first-order chi connectivity index (χ1) is 12.4.